The highest BCUT2D eigenvalue weighted by atomic mass is 16.6. The van der Waals surface area contributed by atoms with Crippen LogP contribution in [0.5, 0.6) is 11.5 Å². The van der Waals surface area contributed by atoms with Gasteiger partial charge >= 0.3 is 5.97 Å². The maximum absolute atomic E-state index is 12.4. The van der Waals surface area contributed by atoms with E-state index in [0.717, 1.165) is 11.6 Å². The van der Waals surface area contributed by atoms with Gasteiger partial charge < -0.3 is 19.5 Å². The van der Waals surface area contributed by atoms with Crippen molar-refractivity contribution in [3.05, 3.63) is 57.6 Å². The molecule has 2 aromatic carbocycles. The number of nitrogens with one attached hydrogen (secondary N) is 1. The zero-order valence-electron chi connectivity index (χ0n) is 16.0. The van der Waals surface area contributed by atoms with Gasteiger partial charge in [-0.2, -0.15) is 0 Å². The number of nitro groups is 1. The van der Waals surface area contributed by atoms with Crippen molar-refractivity contribution in [1.29, 1.82) is 0 Å². The molecule has 1 amide bonds. The second kappa shape index (κ2) is 8.59. The molecule has 0 radical (unpaired) electrons. The number of esters is 1. The molecule has 1 aliphatic rings. The van der Waals surface area contributed by atoms with E-state index in [4.69, 9.17) is 14.2 Å². The first-order valence-corrected chi connectivity index (χ1v) is 9.00. The first-order valence-electron chi connectivity index (χ1n) is 9.00. The maximum Gasteiger partial charge on any atom is 0.345 e. The summed E-state index contributed by atoms with van der Waals surface area (Å²) in [6.07, 6.45) is 0. The number of nitro benzene ring substituents is 1. The number of nitrogens with zero attached hydrogens (tertiary/aromatic N) is 1. The Kier molecular flexibility index (Phi) is 5.96. The van der Waals surface area contributed by atoms with Crippen LogP contribution in [0.1, 0.15) is 35.7 Å². The van der Waals surface area contributed by atoms with Crippen LogP contribution >= 0.6 is 0 Å². The summed E-state index contributed by atoms with van der Waals surface area (Å²) < 4.78 is 15.6. The van der Waals surface area contributed by atoms with Gasteiger partial charge in [0.05, 0.1) is 11.0 Å². The zero-order valence-corrected chi connectivity index (χ0v) is 16.0. The molecule has 0 saturated carbocycles. The van der Waals surface area contributed by atoms with Gasteiger partial charge in [-0.05, 0) is 17.5 Å². The molecule has 0 fully saturated rings. The van der Waals surface area contributed by atoms with Gasteiger partial charge in [-0.3, -0.25) is 14.9 Å². The first kappa shape index (κ1) is 20.1. The summed E-state index contributed by atoms with van der Waals surface area (Å²) in [5.74, 6) is -0.964. The van der Waals surface area contributed by atoms with Crippen LogP contribution in [-0.4, -0.2) is 36.6 Å². The van der Waals surface area contributed by atoms with Crippen molar-refractivity contribution in [2.24, 2.45) is 0 Å². The number of carbonyl (C=O) groups excluding carboxylic acids is 2. The molecule has 9 heteroatoms. The zero-order chi connectivity index (χ0) is 21.0. The number of fused-ring (bicyclic) bond motifs is 1. The number of hydrogen-bond donors (Lipinski definition) is 1. The minimum Gasteiger partial charge on any atom is -0.486 e. The Morgan fingerprint density at radius 3 is 2.48 bits per heavy atom. The minimum absolute atomic E-state index is 0.183. The van der Waals surface area contributed by atoms with Gasteiger partial charge in [0.15, 0.2) is 18.1 Å². The molecule has 1 heterocycles. The number of benzene rings is 2. The maximum atomic E-state index is 12.4. The van der Waals surface area contributed by atoms with Crippen LogP contribution in [0.15, 0.2) is 36.4 Å². The highest BCUT2D eigenvalue weighted by molar-refractivity contribution is 5.98. The molecule has 0 aliphatic carbocycles. The topological polar surface area (TPSA) is 117 Å². The van der Waals surface area contributed by atoms with Crippen LogP contribution in [0.25, 0.3) is 0 Å². The average molecular weight is 400 g/mol. The molecule has 0 bridgehead atoms. The lowest BCUT2D eigenvalue weighted by Gasteiger charge is -2.18. The fourth-order valence-corrected chi connectivity index (χ4v) is 2.90. The van der Waals surface area contributed by atoms with E-state index in [1.807, 2.05) is 26.0 Å². The Bertz CT molecular complexity index is 956. The summed E-state index contributed by atoms with van der Waals surface area (Å²) in [5.41, 5.74) is 0.767. The van der Waals surface area contributed by atoms with E-state index in [1.165, 1.54) is 6.07 Å². The third-order valence-corrected chi connectivity index (χ3v) is 4.27. The highest BCUT2D eigenvalue weighted by Crippen LogP contribution is 2.36. The molecule has 1 N–H and O–H groups in total. The molecule has 0 saturated heterocycles. The van der Waals surface area contributed by atoms with Crippen molar-refractivity contribution in [2.75, 3.05) is 25.1 Å². The van der Waals surface area contributed by atoms with E-state index in [9.17, 15) is 19.7 Å². The van der Waals surface area contributed by atoms with E-state index in [0.29, 0.717) is 5.69 Å². The molecule has 1 aliphatic heterocycles. The molecule has 0 unspecified atom stereocenters. The predicted molar refractivity (Wildman–Crippen MR) is 104 cm³/mol. The number of rotatable bonds is 6. The largest absolute Gasteiger partial charge is 0.486 e. The molecule has 3 rings (SSSR count). The van der Waals surface area contributed by atoms with Gasteiger partial charge in [0.2, 0.25) is 0 Å². The van der Waals surface area contributed by atoms with Crippen LogP contribution in [0.4, 0.5) is 11.4 Å². The van der Waals surface area contributed by atoms with Crippen LogP contribution in [0.3, 0.4) is 0 Å². The van der Waals surface area contributed by atoms with Crippen molar-refractivity contribution in [3.63, 3.8) is 0 Å². The van der Waals surface area contributed by atoms with Gasteiger partial charge in [-0.1, -0.05) is 32.0 Å². The summed E-state index contributed by atoms with van der Waals surface area (Å²) >= 11 is 0. The average Bonchev–Trinajstić information content (AvgIpc) is 2.71. The van der Waals surface area contributed by atoms with E-state index >= 15 is 0 Å². The van der Waals surface area contributed by atoms with E-state index in [1.54, 1.807) is 12.1 Å². The highest BCUT2D eigenvalue weighted by Gasteiger charge is 2.27. The molecular weight excluding hydrogens is 380 g/mol. The normalized spacial score (nSPS) is 12.4. The van der Waals surface area contributed by atoms with Crippen molar-refractivity contribution < 1.29 is 28.7 Å². The number of amides is 1. The molecule has 2 aromatic rings. The fourth-order valence-electron chi connectivity index (χ4n) is 2.90. The van der Waals surface area contributed by atoms with Gasteiger partial charge in [0, 0.05) is 11.8 Å². The van der Waals surface area contributed by atoms with Gasteiger partial charge in [-0.15, -0.1) is 0 Å². The number of hydrogen-bond acceptors (Lipinski definition) is 7. The smallest absolute Gasteiger partial charge is 0.345 e. The van der Waals surface area contributed by atoms with Gasteiger partial charge in [0.25, 0.3) is 11.6 Å². The molecule has 29 heavy (non-hydrogen) atoms. The Morgan fingerprint density at radius 1 is 1.17 bits per heavy atom. The van der Waals surface area contributed by atoms with Crippen molar-refractivity contribution >= 4 is 23.3 Å². The third-order valence-electron chi connectivity index (χ3n) is 4.27. The Morgan fingerprint density at radius 2 is 1.83 bits per heavy atom. The molecule has 0 aromatic heterocycles. The molecular formula is C20H20N2O7. The summed E-state index contributed by atoms with van der Waals surface area (Å²) in [7, 11) is 0. The third kappa shape index (κ3) is 4.63. The summed E-state index contributed by atoms with van der Waals surface area (Å²) in [6.45, 7) is 3.91. The van der Waals surface area contributed by atoms with E-state index in [2.05, 4.69) is 5.32 Å². The lowest BCUT2D eigenvalue weighted by molar-refractivity contribution is -0.385. The predicted octanol–water partition coefficient (Wildman–Crippen LogP) is 3.28. The molecule has 152 valence electrons. The second-order valence-electron chi connectivity index (χ2n) is 6.64. The van der Waals surface area contributed by atoms with Crippen molar-refractivity contribution in [1.82, 2.24) is 0 Å². The SMILES string of the molecule is CC(C)c1ccccc1NC(=O)COC(=O)c1cc2c(cc1[N+](=O)[O-])OCCO2. The number of ether oxygens (including phenoxy) is 3. The lowest BCUT2D eigenvalue weighted by atomic mass is 10.0. The molecule has 0 spiro atoms. The van der Waals surface area contributed by atoms with Crippen LogP contribution in [0.2, 0.25) is 0 Å². The van der Waals surface area contributed by atoms with Crippen LogP contribution in [-0.2, 0) is 9.53 Å². The van der Waals surface area contributed by atoms with Crippen LogP contribution in [0, 0.1) is 10.1 Å². The van der Waals surface area contributed by atoms with Crippen molar-refractivity contribution in [2.45, 2.75) is 19.8 Å². The van der Waals surface area contributed by atoms with Gasteiger partial charge in [0.1, 0.15) is 18.8 Å². The molecule has 0 atom stereocenters. The lowest BCUT2D eigenvalue weighted by Crippen LogP contribution is -2.22. The summed E-state index contributed by atoms with van der Waals surface area (Å²) in [6, 6.07) is 9.61. The quantitative estimate of drug-likeness (QED) is 0.449. The Labute approximate surface area is 166 Å². The standard InChI is InChI=1S/C20H20N2O7/c1-12(2)13-5-3-4-6-15(13)21-19(23)11-29-20(24)14-9-17-18(28-8-7-27-17)10-16(14)22(25)26/h3-6,9-10,12H,7-8,11H2,1-2H3,(H,21,23). The number of carbonyl (C=O) groups is 2. The van der Waals surface area contributed by atoms with Crippen LogP contribution < -0.4 is 14.8 Å². The Hall–Kier alpha value is -3.62. The Balaban J connectivity index is 1.71. The fraction of sp³-hybridized carbons (Fsp3) is 0.300. The first-order chi connectivity index (χ1) is 13.9. The van der Waals surface area contributed by atoms with E-state index in [-0.39, 0.29) is 36.2 Å². The van der Waals surface area contributed by atoms with Gasteiger partial charge in [-0.25, -0.2) is 4.79 Å². The minimum atomic E-state index is -0.999. The number of anilines is 1. The summed E-state index contributed by atoms with van der Waals surface area (Å²) in [4.78, 5) is 35.2. The monoisotopic (exact) mass is 400 g/mol. The summed E-state index contributed by atoms with van der Waals surface area (Å²) in [5, 5.41) is 14.0. The van der Waals surface area contributed by atoms with Crippen molar-refractivity contribution in [3.8, 4) is 11.5 Å². The number of para-hydroxylation sites is 1. The second-order valence-corrected chi connectivity index (χ2v) is 6.64. The molecule has 9 nitrogen and oxygen atoms in total. The van der Waals surface area contributed by atoms with E-state index < -0.39 is 29.1 Å².